The van der Waals surface area contributed by atoms with Crippen LogP contribution in [0.15, 0.2) is 52.4 Å². The van der Waals surface area contributed by atoms with Crippen LogP contribution in [-0.2, 0) is 4.79 Å². The summed E-state index contributed by atoms with van der Waals surface area (Å²) in [6.07, 6.45) is 1.76. The molecule has 2 N–H and O–H groups in total. The van der Waals surface area contributed by atoms with Crippen LogP contribution in [0.1, 0.15) is 11.1 Å². The SMILES string of the molecule is Cc1c(Cl)cccc1N=C1NC(=O)/C(=C\c2ccc(O)cc2)S1. The average molecular weight is 345 g/mol. The topological polar surface area (TPSA) is 61.7 Å². The van der Waals surface area contributed by atoms with Crippen LogP contribution in [0.5, 0.6) is 5.75 Å². The van der Waals surface area contributed by atoms with Gasteiger partial charge in [0.25, 0.3) is 5.91 Å². The number of phenols is 1. The zero-order valence-corrected chi connectivity index (χ0v) is 13.8. The molecule has 0 radical (unpaired) electrons. The lowest BCUT2D eigenvalue weighted by molar-refractivity contribution is -0.115. The van der Waals surface area contributed by atoms with Crippen molar-refractivity contribution < 1.29 is 9.90 Å². The predicted molar refractivity (Wildman–Crippen MR) is 95.1 cm³/mol. The van der Waals surface area contributed by atoms with Crippen LogP contribution >= 0.6 is 23.4 Å². The second-order valence-corrected chi connectivity index (χ2v) is 6.40. The number of nitrogens with one attached hydrogen (secondary N) is 1. The number of carbonyl (C=O) groups is 1. The second kappa shape index (κ2) is 6.48. The van der Waals surface area contributed by atoms with Gasteiger partial charge in [-0.25, -0.2) is 4.99 Å². The first kappa shape index (κ1) is 15.6. The summed E-state index contributed by atoms with van der Waals surface area (Å²) in [5.74, 6) is -0.00383. The molecule has 2 aromatic rings. The van der Waals surface area contributed by atoms with Gasteiger partial charge >= 0.3 is 0 Å². The normalized spacial score (nSPS) is 17.7. The molecule has 1 fully saturated rings. The fraction of sp³-hybridized carbons (Fsp3) is 0.0588. The van der Waals surface area contributed by atoms with Crippen LogP contribution in [0.25, 0.3) is 6.08 Å². The van der Waals surface area contributed by atoms with Crippen molar-refractivity contribution in [3.05, 3.63) is 63.5 Å². The molecule has 4 nitrogen and oxygen atoms in total. The fourth-order valence-corrected chi connectivity index (χ4v) is 3.03. The highest BCUT2D eigenvalue weighted by Crippen LogP contribution is 2.31. The highest BCUT2D eigenvalue weighted by Gasteiger charge is 2.24. The summed E-state index contributed by atoms with van der Waals surface area (Å²) in [5, 5.41) is 13.2. The quantitative estimate of drug-likeness (QED) is 0.801. The third-order valence-corrected chi connectivity index (χ3v) is 4.62. The number of hydrogen-bond acceptors (Lipinski definition) is 4. The van der Waals surface area contributed by atoms with E-state index in [0.717, 1.165) is 16.8 Å². The molecule has 23 heavy (non-hydrogen) atoms. The molecule has 0 atom stereocenters. The van der Waals surface area contributed by atoms with Gasteiger partial charge in [0, 0.05) is 5.02 Å². The van der Waals surface area contributed by atoms with Crippen LogP contribution in [0.2, 0.25) is 5.02 Å². The third-order valence-electron chi connectivity index (χ3n) is 3.30. The first-order valence-electron chi connectivity index (χ1n) is 6.86. The van der Waals surface area contributed by atoms with E-state index in [4.69, 9.17) is 11.6 Å². The second-order valence-electron chi connectivity index (χ2n) is 4.96. The van der Waals surface area contributed by atoms with Gasteiger partial charge in [-0.3, -0.25) is 4.79 Å². The zero-order chi connectivity index (χ0) is 16.4. The molecule has 1 aliphatic rings. The molecule has 0 aliphatic carbocycles. The van der Waals surface area contributed by atoms with Gasteiger partial charge in [0.15, 0.2) is 5.17 Å². The lowest BCUT2D eigenvalue weighted by Crippen LogP contribution is -2.19. The van der Waals surface area contributed by atoms with Crippen LogP contribution in [0, 0.1) is 6.92 Å². The number of phenolic OH excluding ortho intramolecular Hbond substituents is 1. The van der Waals surface area contributed by atoms with Gasteiger partial charge < -0.3 is 10.4 Å². The molecule has 0 spiro atoms. The van der Waals surface area contributed by atoms with Crippen molar-refractivity contribution in [2.24, 2.45) is 4.99 Å². The van der Waals surface area contributed by atoms with E-state index in [1.54, 1.807) is 36.4 Å². The Morgan fingerprint density at radius 2 is 1.96 bits per heavy atom. The molecule has 0 bridgehead atoms. The summed E-state index contributed by atoms with van der Waals surface area (Å²) in [5.41, 5.74) is 2.43. The Morgan fingerprint density at radius 1 is 1.22 bits per heavy atom. The summed E-state index contributed by atoms with van der Waals surface area (Å²) >= 11 is 7.35. The summed E-state index contributed by atoms with van der Waals surface area (Å²) < 4.78 is 0. The maximum Gasteiger partial charge on any atom is 0.264 e. The molecule has 2 aromatic carbocycles. The lowest BCUT2D eigenvalue weighted by Gasteiger charge is -2.02. The van der Waals surface area contributed by atoms with E-state index >= 15 is 0 Å². The number of halogens is 1. The molecule has 3 rings (SSSR count). The number of aromatic hydroxyl groups is 1. The van der Waals surface area contributed by atoms with E-state index in [0.29, 0.717) is 15.1 Å². The number of aliphatic imine (C=N–C) groups is 1. The molecule has 1 aliphatic heterocycles. The summed E-state index contributed by atoms with van der Waals surface area (Å²) in [6.45, 7) is 1.89. The standard InChI is InChI=1S/C17H13ClN2O2S/c1-10-13(18)3-2-4-14(10)19-17-20-16(22)15(23-17)9-11-5-7-12(21)8-6-11/h2-9,21H,1H3,(H,19,20,22)/b15-9+. The molecular formula is C17H13ClN2O2S. The molecule has 116 valence electrons. The number of amidine groups is 1. The first-order valence-corrected chi connectivity index (χ1v) is 8.06. The number of nitrogens with zero attached hydrogens (tertiary/aromatic N) is 1. The van der Waals surface area contributed by atoms with E-state index in [1.165, 1.54) is 11.8 Å². The Morgan fingerprint density at radius 3 is 2.70 bits per heavy atom. The maximum absolute atomic E-state index is 12.0. The van der Waals surface area contributed by atoms with Crippen molar-refractivity contribution in [1.82, 2.24) is 5.32 Å². The van der Waals surface area contributed by atoms with Crippen LogP contribution < -0.4 is 5.32 Å². The fourth-order valence-electron chi connectivity index (χ4n) is 2.03. The molecule has 0 aromatic heterocycles. The Kier molecular flexibility index (Phi) is 4.41. The largest absolute Gasteiger partial charge is 0.508 e. The van der Waals surface area contributed by atoms with Gasteiger partial charge in [0.1, 0.15) is 5.75 Å². The minimum Gasteiger partial charge on any atom is -0.508 e. The van der Waals surface area contributed by atoms with E-state index in [-0.39, 0.29) is 11.7 Å². The van der Waals surface area contributed by atoms with Crippen LogP contribution in [0.4, 0.5) is 5.69 Å². The Hall–Kier alpha value is -2.24. The monoisotopic (exact) mass is 344 g/mol. The smallest absolute Gasteiger partial charge is 0.264 e. The van der Waals surface area contributed by atoms with Crippen molar-refractivity contribution in [3.8, 4) is 5.75 Å². The van der Waals surface area contributed by atoms with Crippen LogP contribution in [-0.4, -0.2) is 16.2 Å². The van der Waals surface area contributed by atoms with Crippen molar-refractivity contribution in [3.63, 3.8) is 0 Å². The van der Waals surface area contributed by atoms with E-state index in [9.17, 15) is 9.90 Å². The molecule has 6 heteroatoms. The maximum atomic E-state index is 12.0. The molecular weight excluding hydrogens is 332 g/mol. The third kappa shape index (κ3) is 3.57. The number of amides is 1. The van der Waals surface area contributed by atoms with Gasteiger partial charge in [-0.2, -0.15) is 0 Å². The van der Waals surface area contributed by atoms with Crippen molar-refractivity contribution >= 4 is 46.2 Å². The van der Waals surface area contributed by atoms with Gasteiger partial charge in [0.2, 0.25) is 0 Å². The van der Waals surface area contributed by atoms with Gasteiger partial charge in [0.05, 0.1) is 10.6 Å². The number of thioether (sulfide) groups is 1. The Balaban J connectivity index is 1.86. The number of rotatable bonds is 2. The van der Waals surface area contributed by atoms with Gasteiger partial charge in [-0.1, -0.05) is 29.8 Å². The van der Waals surface area contributed by atoms with Crippen molar-refractivity contribution in [1.29, 1.82) is 0 Å². The van der Waals surface area contributed by atoms with Crippen LogP contribution in [0.3, 0.4) is 0 Å². The summed E-state index contributed by atoms with van der Waals surface area (Å²) in [6, 6.07) is 12.1. The summed E-state index contributed by atoms with van der Waals surface area (Å²) in [4.78, 5) is 17.0. The van der Waals surface area contributed by atoms with Gasteiger partial charge in [-0.05, 0) is 60.2 Å². The van der Waals surface area contributed by atoms with E-state index in [2.05, 4.69) is 10.3 Å². The number of hydrogen-bond donors (Lipinski definition) is 2. The van der Waals surface area contributed by atoms with Crippen molar-refractivity contribution in [2.75, 3.05) is 0 Å². The molecule has 1 heterocycles. The lowest BCUT2D eigenvalue weighted by atomic mass is 10.2. The molecule has 1 saturated heterocycles. The Bertz CT molecular complexity index is 829. The van der Waals surface area contributed by atoms with E-state index < -0.39 is 0 Å². The van der Waals surface area contributed by atoms with Gasteiger partial charge in [-0.15, -0.1) is 0 Å². The minimum atomic E-state index is -0.193. The number of benzene rings is 2. The molecule has 0 unspecified atom stereocenters. The zero-order valence-electron chi connectivity index (χ0n) is 12.2. The Labute approximate surface area is 142 Å². The first-order chi connectivity index (χ1) is 11.0. The van der Waals surface area contributed by atoms with E-state index in [1.807, 2.05) is 19.1 Å². The molecule has 0 saturated carbocycles. The minimum absolute atomic E-state index is 0.189. The molecule has 1 amide bonds. The average Bonchev–Trinajstić information content (AvgIpc) is 2.86. The number of carbonyl (C=O) groups excluding carboxylic acids is 1. The summed E-state index contributed by atoms with van der Waals surface area (Å²) in [7, 11) is 0. The predicted octanol–water partition coefficient (Wildman–Crippen LogP) is 4.25. The highest BCUT2D eigenvalue weighted by molar-refractivity contribution is 8.18. The highest BCUT2D eigenvalue weighted by atomic mass is 35.5. The van der Waals surface area contributed by atoms with Crippen molar-refractivity contribution in [2.45, 2.75) is 6.92 Å².